The minimum atomic E-state index is -0.429. The first-order chi connectivity index (χ1) is 8.19. The van der Waals surface area contributed by atoms with Gasteiger partial charge in [-0.25, -0.2) is 0 Å². The molecule has 2 rings (SSSR count). The number of hydrogen-bond donors (Lipinski definition) is 1. The Morgan fingerprint density at radius 2 is 2.00 bits per heavy atom. The number of aliphatic hydroxyl groups excluding tert-OH is 1. The van der Waals surface area contributed by atoms with E-state index in [1.165, 1.54) is 12.1 Å². The molecule has 6 heteroatoms. The van der Waals surface area contributed by atoms with E-state index in [0.29, 0.717) is 6.54 Å². The van der Waals surface area contributed by atoms with E-state index in [4.69, 9.17) is 5.11 Å². The second kappa shape index (κ2) is 4.75. The van der Waals surface area contributed by atoms with E-state index >= 15 is 0 Å². The summed E-state index contributed by atoms with van der Waals surface area (Å²) in [7, 11) is 0. The maximum atomic E-state index is 10.5. The molecule has 0 unspecified atom stereocenters. The molecule has 2 aromatic rings. The lowest BCUT2D eigenvalue weighted by Crippen LogP contribution is -2.00. The first-order valence-corrected chi connectivity index (χ1v) is 5.04. The van der Waals surface area contributed by atoms with Gasteiger partial charge in [0.05, 0.1) is 24.3 Å². The van der Waals surface area contributed by atoms with E-state index in [9.17, 15) is 10.1 Å². The highest BCUT2D eigenvalue weighted by molar-refractivity contribution is 5.32. The Balaban J connectivity index is 2.10. The van der Waals surface area contributed by atoms with Crippen LogP contribution in [0.15, 0.2) is 36.7 Å². The average Bonchev–Trinajstić information content (AvgIpc) is 2.77. The van der Waals surface area contributed by atoms with Gasteiger partial charge in [-0.2, -0.15) is 5.10 Å². The zero-order valence-electron chi connectivity index (χ0n) is 8.98. The van der Waals surface area contributed by atoms with Gasteiger partial charge in [-0.05, 0) is 5.56 Å². The molecule has 0 saturated carbocycles. The van der Waals surface area contributed by atoms with Crippen LogP contribution in [0.2, 0.25) is 0 Å². The molecule has 0 saturated heterocycles. The van der Waals surface area contributed by atoms with E-state index in [1.54, 1.807) is 29.2 Å². The highest BCUT2D eigenvalue weighted by Crippen LogP contribution is 2.12. The van der Waals surface area contributed by atoms with Crippen molar-refractivity contribution in [3.8, 4) is 0 Å². The van der Waals surface area contributed by atoms with Crippen LogP contribution in [0.1, 0.15) is 11.1 Å². The molecule has 0 aliphatic rings. The van der Waals surface area contributed by atoms with Crippen LogP contribution in [0.5, 0.6) is 0 Å². The molecule has 0 radical (unpaired) electrons. The summed E-state index contributed by atoms with van der Waals surface area (Å²) in [5.74, 6) is 0. The summed E-state index contributed by atoms with van der Waals surface area (Å²) in [6, 6.07) is 6.31. The highest BCUT2D eigenvalue weighted by Gasteiger charge is 2.04. The minimum Gasteiger partial charge on any atom is -0.392 e. The fourth-order valence-corrected chi connectivity index (χ4v) is 1.48. The summed E-state index contributed by atoms with van der Waals surface area (Å²) in [5, 5.41) is 23.4. The quantitative estimate of drug-likeness (QED) is 0.638. The summed E-state index contributed by atoms with van der Waals surface area (Å²) in [6.07, 6.45) is 3.33. The van der Waals surface area contributed by atoms with Crippen molar-refractivity contribution in [2.75, 3.05) is 0 Å². The van der Waals surface area contributed by atoms with Crippen LogP contribution in [0.3, 0.4) is 0 Å². The van der Waals surface area contributed by atoms with E-state index in [2.05, 4.69) is 5.10 Å². The monoisotopic (exact) mass is 233 g/mol. The fraction of sp³-hybridized carbons (Fsp3) is 0.182. The highest BCUT2D eigenvalue weighted by atomic mass is 16.6. The topological polar surface area (TPSA) is 81.2 Å². The number of rotatable bonds is 4. The summed E-state index contributed by atoms with van der Waals surface area (Å²) < 4.78 is 1.67. The van der Waals surface area contributed by atoms with Crippen LogP contribution in [0.25, 0.3) is 0 Å². The number of hydrogen-bond acceptors (Lipinski definition) is 4. The first-order valence-electron chi connectivity index (χ1n) is 5.04. The number of non-ortho nitro benzene ring substituents is 1. The van der Waals surface area contributed by atoms with Gasteiger partial charge in [-0.3, -0.25) is 14.8 Å². The lowest BCUT2D eigenvalue weighted by molar-refractivity contribution is -0.384. The molecule has 6 nitrogen and oxygen atoms in total. The van der Waals surface area contributed by atoms with Gasteiger partial charge in [-0.1, -0.05) is 12.1 Å². The van der Waals surface area contributed by atoms with Gasteiger partial charge in [0.25, 0.3) is 5.69 Å². The van der Waals surface area contributed by atoms with E-state index in [1.807, 2.05) is 0 Å². The molecule has 0 fully saturated rings. The van der Waals surface area contributed by atoms with Crippen molar-refractivity contribution in [1.82, 2.24) is 9.78 Å². The molecular weight excluding hydrogens is 222 g/mol. The van der Waals surface area contributed by atoms with Crippen molar-refractivity contribution in [3.05, 3.63) is 57.9 Å². The van der Waals surface area contributed by atoms with Gasteiger partial charge in [-0.15, -0.1) is 0 Å². The molecule has 0 bridgehead atoms. The summed E-state index contributed by atoms with van der Waals surface area (Å²) in [6.45, 7) is 0.484. The molecule has 1 heterocycles. The van der Waals surface area contributed by atoms with E-state index in [0.717, 1.165) is 11.1 Å². The SMILES string of the molecule is O=[N+]([O-])c1ccc(Cn2cc(CO)cn2)cc1. The van der Waals surface area contributed by atoms with Crippen molar-refractivity contribution in [2.45, 2.75) is 13.2 Å². The average molecular weight is 233 g/mol. The predicted molar refractivity (Wildman–Crippen MR) is 60.3 cm³/mol. The third-order valence-corrected chi connectivity index (χ3v) is 2.36. The lowest BCUT2D eigenvalue weighted by Gasteiger charge is -2.01. The Hall–Kier alpha value is -2.21. The van der Waals surface area contributed by atoms with Crippen molar-refractivity contribution in [1.29, 1.82) is 0 Å². The largest absolute Gasteiger partial charge is 0.392 e. The van der Waals surface area contributed by atoms with Gasteiger partial charge in [0.2, 0.25) is 0 Å². The fourth-order valence-electron chi connectivity index (χ4n) is 1.48. The third kappa shape index (κ3) is 2.67. The molecule has 0 aliphatic heterocycles. The third-order valence-electron chi connectivity index (χ3n) is 2.36. The zero-order chi connectivity index (χ0) is 12.3. The van der Waals surface area contributed by atoms with Gasteiger partial charge in [0.15, 0.2) is 0 Å². The smallest absolute Gasteiger partial charge is 0.269 e. The first kappa shape index (κ1) is 11.3. The van der Waals surface area contributed by atoms with Crippen LogP contribution >= 0.6 is 0 Å². The van der Waals surface area contributed by atoms with Crippen molar-refractivity contribution < 1.29 is 10.0 Å². The Labute approximate surface area is 97.3 Å². The standard InChI is InChI=1S/C11H11N3O3/c15-8-10-5-12-13(7-10)6-9-1-3-11(4-2-9)14(16)17/h1-5,7,15H,6,8H2. The summed E-state index contributed by atoms with van der Waals surface area (Å²) >= 11 is 0. The Morgan fingerprint density at radius 3 is 2.53 bits per heavy atom. The second-order valence-corrected chi connectivity index (χ2v) is 3.63. The van der Waals surface area contributed by atoms with E-state index < -0.39 is 4.92 Å². The van der Waals surface area contributed by atoms with Gasteiger partial charge >= 0.3 is 0 Å². The Bertz CT molecular complexity index is 519. The molecule has 0 atom stereocenters. The summed E-state index contributed by atoms with van der Waals surface area (Å²) in [5.41, 5.74) is 1.74. The number of aliphatic hydroxyl groups is 1. The number of benzene rings is 1. The normalized spacial score (nSPS) is 10.4. The maximum Gasteiger partial charge on any atom is 0.269 e. The molecule has 1 aromatic heterocycles. The molecule has 17 heavy (non-hydrogen) atoms. The van der Waals surface area contributed by atoms with Gasteiger partial charge < -0.3 is 5.11 Å². The van der Waals surface area contributed by atoms with Crippen molar-refractivity contribution in [3.63, 3.8) is 0 Å². The second-order valence-electron chi connectivity index (χ2n) is 3.63. The van der Waals surface area contributed by atoms with Crippen LogP contribution in [-0.2, 0) is 13.2 Å². The van der Waals surface area contributed by atoms with Crippen LogP contribution < -0.4 is 0 Å². The van der Waals surface area contributed by atoms with Crippen LogP contribution in [-0.4, -0.2) is 19.8 Å². The van der Waals surface area contributed by atoms with Crippen molar-refractivity contribution in [2.24, 2.45) is 0 Å². The zero-order valence-corrected chi connectivity index (χ0v) is 8.98. The summed E-state index contributed by atoms with van der Waals surface area (Å²) in [4.78, 5) is 10.0. The lowest BCUT2D eigenvalue weighted by atomic mass is 10.2. The molecule has 0 aliphatic carbocycles. The molecule has 1 aromatic carbocycles. The van der Waals surface area contributed by atoms with Crippen LogP contribution in [0.4, 0.5) is 5.69 Å². The minimum absolute atomic E-state index is 0.0414. The maximum absolute atomic E-state index is 10.5. The number of nitro groups is 1. The molecular formula is C11H11N3O3. The molecule has 0 amide bonds. The molecule has 1 N–H and O–H groups in total. The van der Waals surface area contributed by atoms with Crippen LogP contribution in [0, 0.1) is 10.1 Å². The number of nitro benzene ring substituents is 1. The molecule has 88 valence electrons. The predicted octanol–water partition coefficient (Wildman–Crippen LogP) is 1.33. The van der Waals surface area contributed by atoms with Crippen molar-refractivity contribution >= 4 is 5.69 Å². The van der Waals surface area contributed by atoms with Gasteiger partial charge in [0, 0.05) is 23.9 Å². The number of aromatic nitrogens is 2. The van der Waals surface area contributed by atoms with E-state index in [-0.39, 0.29) is 12.3 Å². The Kier molecular flexibility index (Phi) is 3.15. The molecule has 0 spiro atoms. The Morgan fingerprint density at radius 1 is 1.29 bits per heavy atom. The van der Waals surface area contributed by atoms with Gasteiger partial charge in [0.1, 0.15) is 0 Å². The number of nitrogens with zero attached hydrogens (tertiary/aromatic N) is 3.